The van der Waals surface area contributed by atoms with Crippen LogP contribution >= 0.6 is 0 Å². The van der Waals surface area contributed by atoms with Gasteiger partial charge in [-0.05, 0) is 57.9 Å². The Hall–Kier alpha value is -4.31. The second kappa shape index (κ2) is 17.9. The quantitative estimate of drug-likeness (QED) is 0.0386. The summed E-state index contributed by atoms with van der Waals surface area (Å²) >= 11 is 0. The number of sulfone groups is 1. The van der Waals surface area contributed by atoms with Crippen LogP contribution in [0.15, 0.2) is 30.4 Å². The minimum Gasteiger partial charge on any atom is -0.458 e. The number of unbranched alkanes of at least 4 members (excludes halogenated alkanes) is 1. The molecule has 0 aliphatic heterocycles. The molecule has 0 spiro atoms. The molecule has 29 heteroatoms. The maximum atomic E-state index is 14.2. The van der Waals surface area contributed by atoms with E-state index in [2.05, 4.69) is 17.2 Å². The number of halogens is 17. The van der Waals surface area contributed by atoms with Gasteiger partial charge in [-0.25, -0.2) is 22.8 Å². The highest BCUT2D eigenvalue weighted by Crippen LogP contribution is 2.64. The van der Waals surface area contributed by atoms with E-state index in [0.717, 1.165) is 0 Å². The van der Waals surface area contributed by atoms with Gasteiger partial charge in [-0.2, -0.15) is 74.6 Å². The van der Waals surface area contributed by atoms with Crippen molar-refractivity contribution in [2.75, 3.05) is 36.3 Å². The maximum Gasteiger partial charge on any atom is 0.460 e. The van der Waals surface area contributed by atoms with Crippen molar-refractivity contribution >= 4 is 39.4 Å². The summed E-state index contributed by atoms with van der Waals surface area (Å²) in [5.74, 6) is -55.4. The monoisotopic (exact) mass is 903 g/mol. The fraction of sp³-hybridized carbons (Fsp3) is 0.621. The first-order valence-corrected chi connectivity index (χ1v) is 17.0. The number of hydrogen-bond acceptors (Lipinski definition) is 9. The molecule has 58 heavy (non-hydrogen) atoms. The lowest BCUT2D eigenvalue weighted by Crippen LogP contribution is -2.75. The number of ether oxygens (including phenoxy) is 3. The Balaban J connectivity index is 2.81. The van der Waals surface area contributed by atoms with Crippen LogP contribution in [0.1, 0.15) is 32.3 Å². The van der Waals surface area contributed by atoms with Crippen LogP contribution in [0.4, 0.5) is 95.6 Å². The highest BCUT2D eigenvalue weighted by Gasteiger charge is 2.96. The Bertz CT molecular complexity index is 1770. The highest BCUT2D eigenvalue weighted by molar-refractivity contribution is 7.92. The third kappa shape index (κ3) is 10.5. The minimum absolute atomic E-state index is 0.0129. The second-order valence-electron chi connectivity index (χ2n) is 11.9. The fourth-order valence-corrected chi connectivity index (χ4v) is 4.93. The average molecular weight is 904 g/mol. The number of esters is 1. The van der Waals surface area contributed by atoms with Gasteiger partial charge in [0.2, 0.25) is 9.84 Å². The van der Waals surface area contributed by atoms with Crippen LogP contribution in [-0.2, 0) is 28.8 Å². The van der Waals surface area contributed by atoms with E-state index in [9.17, 15) is 97.4 Å². The van der Waals surface area contributed by atoms with Crippen LogP contribution in [0, 0.1) is 6.92 Å². The van der Waals surface area contributed by atoms with Gasteiger partial charge in [-0.3, -0.25) is 10.6 Å². The molecule has 1 aromatic carbocycles. The lowest BCUT2D eigenvalue weighted by molar-refractivity contribution is -0.458. The van der Waals surface area contributed by atoms with Gasteiger partial charge >= 0.3 is 65.1 Å². The van der Waals surface area contributed by atoms with Crippen molar-refractivity contribution < 1.29 is 112 Å². The number of carbonyl (C=O) groups excluding carboxylic acids is 3. The molecule has 3 N–H and O–H groups in total. The first kappa shape index (κ1) is 51.7. The first-order chi connectivity index (χ1) is 25.9. The molecule has 2 amide bonds. The van der Waals surface area contributed by atoms with E-state index in [1.165, 1.54) is 37.4 Å². The Kier molecular flexibility index (Phi) is 16.0. The van der Waals surface area contributed by atoms with Crippen LogP contribution in [0.3, 0.4) is 0 Å². The molecule has 1 rings (SSSR count). The van der Waals surface area contributed by atoms with E-state index in [0.29, 0.717) is 5.56 Å². The van der Waals surface area contributed by atoms with Gasteiger partial charge in [-0.1, -0.05) is 12.6 Å². The smallest absolute Gasteiger partial charge is 0.458 e. The molecule has 0 heterocycles. The molecule has 0 fully saturated rings. The number of aryl methyl sites for hydroxylation is 1. The molecule has 1 aromatic rings. The van der Waals surface area contributed by atoms with E-state index in [1.807, 2.05) is 0 Å². The molecular formula is C29H30F17N3O8S. The normalized spacial score (nSPS) is 14.3. The van der Waals surface area contributed by atoms with Crippen molar-refractivity contribution in [3.63, 3.8) is 0 Å². The van der Waals surface area contributed by atoms with E-state index >= 15 is 0 Å². The van der Waals surface area contributed by atoms with Gasteiger partial charge < -0.3 is 19.5 Å². The minimum atomic E-state index is -8.92. The number of nitrogens with one attached hydrogen (secondary N) is 3. The van der Waals surface area contributed by atoms with Gasteiger partial charge in [0.1, 0.15) is 18.6 Å². The number of rotatable bonds is 20. The average Bonchev–Trinajstić information content (AvgIpc) is 3.06. The summed E-state index contributed by atoms with van der Waals surface area (Å²) in [6.45, 7) is 5.95. The largest absolute Gasteiger partial charge is 0.460 e. The van der Waals surface area contributed by atoms with Crippen molar-refractivity contribution in [1.82, 2.24) is 5.32 Å². The molecule has 1 unspecified atom stereocenters. The predicted molar refractivity (Wildman–Crippen MR) is 163 cm³/mol. The highest BCUT2D eigenvalue weighted by atomic mass is 32.2. The Morgan fingerprint density at radius 2 is 1.22 bits per heavy atom. The van der Waals surface area contributed by atoms with Crippen LogP contribution < -0.4 is 16.0 Å². The fourth-order valence-electron chi connectivity index (χ4n) is 3.82. The molecule has 0 aromatic heterocycles. The number of amides is 2. The number of anilines is 2. The molecule has 334 valence electrons. The molecule has 0 aliphatic rings. The second-order valence-corrected chi connectivity index (χ2v) is 14.0. The summed E-state index contributed by atoms with van der Waals surface area (Å²) in [5.41, 5.74) is 0.680. The van der Waals surface area contributed by atoms with Gasteiger partial charge in [0, 0.05) is 16.9 Å². The maximum absolute atomic E-state index is 14.2. The van der Waals surface area contributed by atoms with Crippen molar-refractivity contribution in [3.05, 3.63) is 35.9 Å². The van der Waals surface area contributed by atoms with Gasteiger partial charge in [-0.15, -0.1) is 0 Å². The first-order valence-electron chi connectivity index (χ1n) is 15.4. The zero-order valence-electron chi connectivity index (χ0n) is 29.4. The molecule has 0 saturated heterocycles. The number of benzene rings is 1. The predicted octanol–water partition coefficient (Wildman–Crippen LogP) is 8.31. The summed E-state index contributed by atoms with van der Waals surface area (Å²) in [7, 11) is -7.28. The van der Waals surface area contributed by atoms with Crippen LogP contribution in [0.5, 0.6) is 0 Å². The van der Waals surface area contributed by atoms with E-state index in [1.54, 1.807) is 6.92 Å². The summed E-state index contributed by atoms with van der Waals surface area (Å²) < 4.78 is 267. The van der Waals surface area contributed by atoms with Gasteiger partial charge in [0.05, 0.1) is 6.61 Å². The molecule has 0 aliphatic carbocycles. The van der Waals surface area contributed by atoms with Crippen LogP contribution in [0.2, 0.25) is 0 Å². The van der Waals surface area contributed by atoms with E-state index < -0.39 is 107 Å². The van der Waals surface area contributed by atoms with Crippen molar-refractivity contribution in [3.8, 4) is 0 Å². The third-order valence-electron chi connectivity index (χ3n) is 7.18. The van der Waals surface area contributed by atoms with Crippen LogP contribution in [-0.4, -0.2) is 105 Å². The Morgan fingerprint density at radius 3 is 1.72 bits per heavy atom. The summed E-state index contributed by atoms with van der Waals surface area (Å²) in [5, 5.41) is -1.63. The van der Waals surface area contributed by atoms with E-state index in [4.69, 9.17) is 14.2 Å². The Labute approximate surface area is 315 Å². The van der Waals surface area contributed by atoms with Crippen LogP contribution in [0.25, 0.3) is 0 Å². The molecule has 0 bridgehead atoms. The lowest BCUT2D eigenvalue weighted by atomic mass is 9.91. The van der Waals surface area contributed by atoms with Crippen molar-refractivity contribution in [2.24, 2.45) is 0 Å². The molecule has 11 nitrogen and oxygen atoms in total. The van der Waals surface area contributed by atoms with E-state index in [-0.39, 0.29) is 30.0 Å². The zero-order chi connectivity index (χ0) is 45.7. The van der Waals surface area contributed by atoms with Crippen molar-refractivity contribution in [1.29, 1.82) is 0 Å². The van der Waals surface area contributed by atoms with Gasteiger partial charge in [0.25, 0.3) is 0 Å². The number of carbonyl (C=O) groups is 3. The topological polar surface area (TPSA) is 149 Å². The summed E-state index contributed by atoms with van der Waals surface area (Å²) in [4.78, 5) is 35.8. The van der Waals surface area contributed by atoms with Gasteiger partial charge in [0.15, 0.2) is 0 Å². The SMILES string of the molecule is C=C(C)C(=O)OCC(C)OC(=O)Nc1cc(NC(=O)OCCCCNCS(=O)(=O)C(F)(F)C(F)(F)C(F)(F)C(F)(F)C(F)(F)C(F)(F)C(F)(F)C(F)(F)F)ccc1C. The zero-order valence-corrected chi connectivity index (χ0v) is 30.2. The lowest BCUT2D eigenvalue weighted by Gasteiger charge is -2.42. The summed E-state index contributed by atoms with van der Waals surface area (Å²) in [6, 6.07) is 3.99. The summed E-state index contributed by atoms with van der Waals surface area (Å²) in [6.07, 6.45) is -11.8. The molecule has 0 saturated carbocycles. The molecule has 1 atom stereocenters. The third-order valence-corrected chi connectivity index (χ3v) is 8.81. The number of hydrogen-bond donors (Lipinski definition) is 3. The molecular weight excluding hydrogens is 873 g/mol. The molecule has 0 radical (unpaired) electrons. The standard InChI is InChI=1S/C29H30F17N3O8S/c1-14(2)19(50)56-12-16(4)57-21(52)49-18-11-17(8-7-15(18)3)48-20(51)55-10-6-5-9-47-13-58(53,54)29(45,46)27(40,41)25(36,37)23(32,33)22(30,31)24(34,35)26(38,39)28(42,43)44/h7-8,11,16,47H,1,5-6,9-10,12-13H2,2-4H3,(H,48,51)(H,49,52). The Morgan fingerprint density at radius 1 is 0.724 bits per heavy atom. The number of alkyl halides is 17. The van der Waals surface area contributed by atoms with Crippen molar-refractivity contribution in [2.45, 2.75) is 86.7 Å².